The van der Waals surface area contributed by atoms with Crippen LogP contribution in [0.4, 0.5) is 0 Å². The van der Waals surface area contributed by atoms with Gasteiger partial charge in [-0.05, 0) is 43.9 Å². The van der Waals surface area contributed by atoms with E-state index in [9.17, 15) is 14.4 Å². The Labute approximate surface area is 209 Å². The summed E-state index contributed by atoms with van der Waals surface area (Å²) in [5, 5.41) is 0. The third kappa shape index (κ3) is 14.6. The van der Waals surface area contributed by atoms with Crippen molar-refractivity contribution in [1.29, 1.82) is 0 Å². The highest BCUT2D eigenvalue weighted by Crippen LogP contribution is 2.29. The Kier molecular flexibility index (Phi) is 17.3. The van der Waals surface area contributed by atoms with Gasteiger partial charge in [0, 0.05) is 18.2 Å². The van der Waals surface area contributed by atoms with E-state index in [0.717, 1.165) is 31.4 Å². The molecule has 0 aliphatic heterocycles. The van der Waals surface area contributed by atoms with Gasteiger partial charge in [-0.2, -0.15) is 0 Å². The van der Waals surface area contributed by atoms with E-state index in [2.05, 4.69) is 32.9 Å². The van der Waals surface area contributed by atoms with Crippen LogP contribution in [0.5, 0.6) is 0 Å². The number of carbonyl (C=O) groups excluding carboxylic acids is 3. The maximum atomic E-state index is 11.2. The highest BCUT2D eigenvalue weighted by molar-refractivity contribution is 5.82. The molecule has 1 fully saturated rings. The second-order valence-corrected chi connectivity index (χ2v) is 8.18. The van der Waals surface area contributed by atoms with E-state index < -0.39 is 23.3 Å². The molecule has 0 N–H and O–H groups in total. The lowest BCUT2D eigenvalue weighted by molar-refractivity contribution is -0.156. The Morgan fingerprint density at radius 3 is 1.23 bits per heavy atom. The molecule has 1 rings (SSSR count). The molecule has 0 bridgehead atoms. The molecule has 1 saturated carbocycles. The Bertz CT molecular complexity index is 624. The topological polar surface area (TPSA) is 97.4 Å². The Morgan fingerprint density at radius 2 is 1.00 bits per heavy atom. The fourth-order valence-corrected chi connectivity index (χ4v) is 3.25. The monoisotopic (exact) mass is 492 g/mol. The van der Waals surface area contributed by atoms with Crippen LogP contribution in [0.3, 0.4) is 0 Å². The van der Waals surface area contributed by atoms with Crippen LogP contribution in [0.15, 0.2) is 63.6 Å². The van der Waals surface area contributed by atoms with Crippen LogP contribution in [0, 0.1) is 17.3 Å². The second kappa shape index (κ2) is 19.1. The van der Waals surface area contributed by atoms with Gasteiger partial charge in [0.25, 0.3) is 0 Å². The van der Waals surface area contributed by atoms with E-state index in [1.165, 1.54) is 38.2 Å². The van der Waals surface area contributed by atoms with Crippen LogP contribution < -0.4 is 0 Å². The summed E-state index contributed by atoms with van der Waals surface area (Å²) >= 11 is 0. The molecule has 0 amide bonds. The molecule has 0 spiro atoms. The van der Waals surface area contributed by atoms with Gasteiger partial charge in [0.1, 0.15) is 19.8 Å². The van der Waals surface area contributed by atoms with Crippen LogP contribution >= 0.6 is 0 Å². The predicted octanol–water partition coefficient (Wildman–Crippen LogP) is 4.68. The molecule has 0 aromatic carbocycles. The van der Waals surface area contributed by atoms with Crippen LogP contribution in [0.2, 0.25) is 0 Å². The zero-order chi connectivity index (χ0) is 26.5. The van der Waals surface area contributed by atoms with Crippen molar-refractivity contribution in [1.82, 2.24) is 0 Å². The number of hydrogen-bond donors (Lipinski definition) is 0. The van der Waals surface area contributed by atoms with Crippen LogP contribution in [-0.2, 0) is 38.1 Å². The van der Waals surface area contributed by atoms with E-state index in [1.54, 1.807) is 6.92 Å². The third-order valence-electron chi connectivity index (χ3n) is 5.68. The fourth-order valence-electron chi connectivity index (χ4n) is 3.25. The normalized spacial score (nSPS) is 16.7. The molecule has 1 aliphatic rings. The molecule has 35 heavy (non-hydrogen) atoms. The molecule has 0 saturated heterocycles. The van der Waals surface area contributed by atoms with Crippen molar-refractivity contribution in [3.8, 4) is 0 Å². The summed E-state index contributed by atoms with van der Waals surface area (Å²) in [6, 6.07) is 0. The van der Waals surface area contributed by atoms with Crippen molar-refractivity contribution in [3.05, 3.63) is 63.6 Å². The number of ether oxygens (including phenoxy) is 5. The van der Waals surface area contributed by atoms with Gasteiger partial charge in [-0.25, -0.2) is 14.4 Å². The first-order valence-corrected chi connectivity index (χ1v) is 11.6. The van der Waals surface area contributed by atoms with E-state index in [0.29, 0.717) is 18.3 Å². The molecule has 0 heterocycles. The standard InChI is InChI=1S/C15H20O6.C12H20O2/c1-5-12(16)19-9-15(8-4,10-20-13(17)6-2)11-21-14(18)7-3;1-3-13-9-11-5-7-12(8-6-11)10-14-4-2/h5-7H,1-3,8-11H2,4H3;3-4,11-12H,1-2,5-10H2. The molecule has 196 valence electrons. The Balaban J connectivity index is 0.000000712. The largest absolute Gasteiger partial charge is 0.502 e. The zero-order valence-electron chi connectivity index (χ0n) is 20.9. The molecular formula is C27H40O8. The average Bonchev–Trinajstić information content (AvgIpc) is 2.90. The molecule has 0 aromatic heterocycles. The fraction of sp³-hybridized carbons (Fsp3) is 0.519. The van der Waals surface area contributed by atoms with Gasteiger partial charge < -0.3 is 23.7 Å². The predicted molar refractivity (Wildman–Crippen MR) is 134 cm³/mol. The summed E-state index contributed by atoms with van der Waals surface area (Å²) in [5.41, 5.74) is -0.837. The number of esters is 3. The van der Waals surface area contributed by atoms with Crippen molar-refractivity contribution in [3.63, 3.8) is 0 Å². The third-order valence-corrected chi connectivity index (χ3v) is 5.68. The van der Waals surface area contributed by atoms with Crippen molar-refractivity contribution in [2.45, 2.75) is 39.0 Å². The summed E-state index contributed by atoms with van der Waals surface area (Å²) < 4.78 is 25.4. The molecule has 0 radical (unpaired) electrons. The first-order chi connectivity index (χ1) is 16.8. The minimum Gasteiger partial charge on any atom is -0.502 e. The molecule has 8 heteroatoms. The van der Waals surface area contributed by atoms with Crippen molar-refractivity contribution in [2.75, 3.05) is 33.0 Å². The van der Waals surface area contributed by atoms with Gasteiger partial charge in [0.05, 0.1) is 31.2 Å². The zero-order valence-corrected chi connectivity index (χ0v) is 20.9. The lowest BCUT2D eigenvalue weighted by atomic mass is 9.83. The Hall–Kier alpha value is -3.29. The number of hydrogen-bond acceptors (Lipinski definition) is 8. The number of carbonyl (C=O) groups is 3. The quantitative estimate of drug-likeness (QED) is 0.133. The first-order valence-electron chi connectivity index (χ1n) is 11.6. The van der Waals surface area contributed by atoms with Crippen molar-refractivity contribution < 1.29 is 38.1 Å². The van der Waals surface area contributed by atoms with Crippen molar-refractivity contribution >= 4 is 17.9 Å². The molecule has 0 atom stereocenters. The second-order valence-electron chi connectivity index (χ2n) is 8.18. The summed E-state index contributed by atoms with van der Waals surface area (Å²) in [7, 11) is 0. The maximum Gasteiger partial charge on any atom is 0.330 e. The molecule has 0 aromatic rings. The summed E-state index contributed by atoms with van der Waals surface area (Å²) in [6.45, 7) is 20.2. The lowest BCUT2D eigenvalue weighted by Crippen LogP contribution is -2.38. The minimum atomic E-state index is -0.837. The van der Waals surface area contributed by atoms with Crippen molar-refractivity contribution in [2.24, 2.45) is 17.3 Å². The summed E-state index contributed by atoms with van der Waals surface area (Å²) in [6.07, 6.45) is 11.6. The van der Waals surface area contributed by atoms with Gasteiger partial charge in [0.2, 0.25) is 0 Å². The highest BCUT2D eigenvalue weighted by atomic mass is 16.6. The summed E-state index contributed by atoms with van der Waals surface area (Å²) in [4.78, 5) is 33.5. The molecule has 1 aliphatic carbocycles. The van der Waals surface area contributed by atoms with E-state index in [1.807, 2.05) is 0 Å². The molecule has 0 unspecified atom stereocenters. The van der Waals surface area contributed by atoms with Gasteiger partial charge in [0.15, 0.2) is 0 Å². The molecule has 8 nitrogen and oxygen atoms in total. The van der Waals surface area contributed by atoms with Crippen LogP contribution in [0.25, 0.3) is 0 Å². The molecular weight excluding hydrogens is 452 g/mol. The van der Waals surface area contributed by atoms with Gasteiger partial charge >= 0.3 is 17.9 Å². The summed E-state index contributed by atoms with van der Waals surface area (Å²) in [5.74, 6) is -0.408. The van der Waals surface area contributed by atoms with Gasteiger partial charge in [-0.3, -0.25) is 0 Å². The van der Waals surface area contributed by atoms with Gasteiger partial charge in [-0.15, -0.1) is 0 Å². The first kappa shape index (κ1) is 31.7. The number of rotatable bonds is 16. The van der Waals surface area contributed by atoms with E-state index in [-0.39, 0.29) is 19.8 Å². The lowest BCUT2D eigenvalue weighted by Gasteiger charge is -2.30. The van der Waals surface area contributed by atoms with Crippen LogP contribution in [-0.4, -0.2) is 50.9 Å². The van der Waals surface area contributed by atoms with E-state index in [4.69, 9.17) is 23.7 Å². The minimum absolute atomic E-state index is 0.0802. The maximum absolute atomic E-state index is 11.2. The van der Waals surface area contributed by atoms with E-state index >= 15 is 0 Å². The SMILES string of the molecule is C=CC(=O)OCC(CC)(COC(=O)C=C)COC(=O)C=C.C=COCC1CCC(COC=C)CC1. The smallest absolute Gasteiger partial charge is 0.330 e. The highest BCUT2D eigenvalue weighted by Gasteiger charge is 2.33. The van der Waals surface area contributed by atoms with Gasteiger partial charge in [-0.1, -0.05) is 39.8 Å². The van der Waals surface area contributed by atoms with Crippen LogP contribution in [0.1, 0.15) is 39.0 Å². The Morgan fingerprint density at radius 1 is 0.686 bits per heavy atom. The average molecular weight is 493 g/mol.